The number of methoxy groups -OCH3 is 1. The minimum absolute atomic E-state index is 0.198. The van der Waals surface area contributed by atoms with Gasteiger partial charge in [0, 0.05) is 30.9 Å². The van der Waals surface area contributed by atoms with Crippen LogP contribution < -0.4 is 5.32 Å². The Kier molecular flexibility index (Phi) is 8.19. The molecule has 0 aliphatic heterocycles. The number of amides is 1. The van der Waals surface area contributed by atoms with E-state index >= 15 is 0 Å². The molecule has 0 bridgehead atoms. The number of benzene rings is 1. The van der Waals surface area contributed by atoms with E-state index in [0.29, 0.717) is 10.8 Å². The van der Waals surface area contributed by atoms with Gasteiger partial charge in [0.2, 0.25) is 5.91 Å². The molecule has 116 valence electrons. The summed E-state index contributed by atoms with van der Waals surface area (Å²) in [5.74, 6) is -0.515. The third kappa shape index (κ3) is 7.36. The van der Waals surface area contributed by atoms with E-state index in [9.17, 15) is 9.59 Å². The van der Waals surface area contributed by atoms with E-state index in [4.69, 9.17) is 21.4 Å². The van der Waals surface area contributed by atoms with Crippen LogP contribution in [0.5, 0.6) is 0 Å². The van der Waals surface area contributed by atoms with Gasteiger partial charge in [0.05, 0.1) is 5.75 Å². The number of aliphatic carboxylic acids is 1. The van der Waals surface area contributed by atoms with Gasteiger partial charge in [-0.3, -0.25) is 4.79 Å². The number of rotatable bonds is 9. The van der Waals surface area contributed by atoms with Crippen LogP contribution in [0.2, 0.25) is 5.02 Å². The molecular formula is C14H18ClNO4S. The molecule has 0 aromatic heterocycles. The van der Waals surface area contributed by atoms with Crippen LogP contribution in [0.1, 0.15) is 12.0 Å². The van der Waals surface area contributed by atoms with E-state index < -0.39 is 12.0 Å². The molecule has 0 saturated carbocycles. The normalized spacial score (nSPS) is 11.9. The van der Waals surface area contributed by atoms with E-state index in [0.717, 1.165) is 5.56 Å². The molecule has 0 radical (unpaired) electrons. The van der Waals surface area contributed by atoms with Crippen LogP contribution in [-0.2, 0) is 20.1 Å². The lowest BCUT2D eigenvalue weighted by atomic mass is 10.2. The van der Waals surface area contributed by atoms with Crippen LogP contribution in [0.3, 0.4) is 0 Å². The first-order chi connectivity index (χ1) is 10.0. The second kappa shape index (κ2) is 9.65. The molecule has 0 aliphatic rings. The summed E-state index contributed by atoms with van der Waals surface area (Å²) in [7, 11) is 1.49. The van der Waals surface area contributed by atoms with Gasteiger partial charge in [-0.15, -0.1) is 11.8 Å². The molecule has 1 aromatic rings. The van der Waals surface area contributed by atoms with Crippen molar-refractivity contribution in [1.82, 2.24) is 5.32 Å². The van der Waals surface area contributed by atoms with E-state index in [1.54, 1.807) is 6.07 Å². The van der Waals surface area contributed by atoms with Gasteiger partial charge in [-0.05, 0) is 17.7 Å². The molecule has 21 heavy (non-hydrogen) atoms. The van der Waals surface area contributed by atoms with E-state index in [-0.39, 0.29) is 24.7 Å². The number of hydrogen-bond acceptors (Lipinski definition) is 4. The van der Waals surface area contributed by atoms with Crippen LogP contribution in [0.4, 0.5) is 0 Å². The second-order valence-electron chi connectivity index (χ2n) is 4.36. The molecule has 0 fully saturated rings. The molecule has 1 unspecified atom stereocenters. The largest absolute Gasteiger partial charge is 0.480 e. The minimum Gasteiger partial charge on any atom is -0.480 e. The van der Waals surface area contributed by atoms with E-state index in [1.165, 1.54) is 18.9 Å². The number of hydrogen-bond donors (Lipinski definition) is 2. The molecule has 7 heteroatoms. The molecule has 0 saturated heterocycles. The molecular weight excluding hydrogens is 314 g/mol. The Morgan fingerprint density at radius 2 is 2.24 bits per heavy atom. The highest BCUT2D eigenvalue weighted by molar-refractivity contribution is 7.99. The standard InChI is InChI=1S/C14H18ClNO4S/c1-20-6-5-12(14(18)19)16-13(17)9-21-8-10-3-2-4-11(15)7-10/h2-4,7,12H,5-6,8-9H2,1H3,(H,16,17)(H,18,19). The van der Waals surface area contributed by atoms with E-state index in [2.05, 4.69) is 5.32 Å². The fraction of sp³-hybridized carbons (Fsp3) is 0.429. The first-order valence-corrected chi connectivity index (χ1v) is 7.89. The molecule has 0 spiro atoms. The second-order valence-corrected chi connectivity index (χ2v) is 5.78. The third-order valence-corrected chi connectivity index (χ3v) is 3.87. The predicted molar refractivity (Wildman–Crippen MR) is 83.7 cm³/mol. The maximum absolute atomic E-state index is 11.7. The Morgan fingerprint density at radius 3 is 2.86 bits per heavy atom. The maximum Gasteiger partial charge on any atom is 0.326 e. The molecule has 1 rings (SSSR count). The first-order valence-electron chi connectivity index (χ1n) is 6.36. The monoisotopic (exact) mass is 331 g/mol. The highest BCUT2D eigenvalue weighted by atomic mass is 35.5. The third-order valence-electron chi connectivity index (χ3n) is 2.63. The Bertz CT molecular complexity index is 484. The number of nitrogens with one attached hydrogen (secondary N) is 1. The Morgan fingerprint density at radius 1 is 1.48 bits per heavy atom. The topological polar surface area (TPSA) is 75.6 Å². The first kappa shape index (κ1) is 17.8. The summed E-state index contributed by atoms with van der Waals surface area (Å²) in [6.07, 6.45) is 0.247. The van der Waals surface area contributed by atoms with Crippen molar-refractivity contribution in [3.05, 3.63) is 34.9 Å². The quantitative estimate of drug-likeness (QED) is 0.725. The van der Waals surface area contributed by atoms with Crippen molar-refractivity contribution < 1.29 is 19.4 Å². The summed E-state index contributed by atoms with van der Waals surface area (Å²) < 4.78 is 4.82. The number of carboxylic acids is 1. The zero-order chi connectivity index (χ0) is 15.7. The van der Waals surface area contributed by atoms with E-state index in [1.807, 2.05) is 18.2 Å². The average molecular weight is 332 g/mol. The van der Waals surface area contributed by atoms with Gasteiger partial charge in [0.1, 0.15) is 6.04 Å². The van der Waals surface area contributed by atoms with Crippen LogP contribution in [0.25, 0.3) is 0 Å². The molecule has 0 heterocycles. The molecule has 1 aromatic carbocycles. The summed E-state index contributed by atoms with van der Waals surface area (Å²) in [6, 6.07) is 6.49. The van der Waals surface area contributed by atoms with Gasteiger partial charge in [-0.1, -0.05) is 23.7 Å². The van der Waals surface area contributed by atoms with Gasteiger partial charge >= 0.3 is 5.97 Å². The Labute approximate surface area is 133 Å². The number of thioether (sulfide) groups is 1. The smallest absolute Gasteiger partial charge is 0.326 e. The number of carboxylic acid groups (broad SMARTS) is 1. The van der Waals surface area contributed by atoms with Crippen LogP contribution >= 0.6 is 23.4 Å². The molecule has 0 aliphatic carbocycles. The lowest BCUT2D eigenvalue weighted by Crippen LogP contribution is -2.42. The SMILES string of the molecule is COCCC(NC(=O)CSCc1cccc(Cl)c1)C(=O)O. The van der Waals surface area contributed by atoms with Crippen molar-refractivity contribution in [2.75, 3.05) is 19.5 Å². The van der Waals surface area contributed by atoms with Crippen molar-refractivity contribution in [1.29, 1.82) is 0 Å². The van der Waals surface area contributed by atoms with Gasteiger partial charge in [-0.25, -0.2) is 4.79 Å². The van der Waals surface area contributed by atoms with Crippen LogP contribution in [0.15, 0.2) is 24.3 Å². The average Bonchev–Trinajstić information content (AvgIpc) is 2.43. The maximum atomic E-state index is 11.7. The molecule has 2 N–H and O–H groups in total. The summed E-state index contributed by atoms with van der Waals surface area (Å²) in [5, 5.41) is 12.1. The lowest BCUT2D eigenvalue weighted by Gasteiger charge is -2.13. The zero-order valence-corrected chi connectivity index (χ0v) is 13.2. The molecule has 1 atom stereocenters. The highest BCUT2D eigenvalue weighted by Crippen LogP contribution is 2.16. The summed E-state index contributed by atoms with van der Waals surface area (Å²) >= 11 is 7.28. The van der Waals surface area contributed by atoms with Gasteiger partial charge in [0.15, 0.2) is 0 Å². The van der Waals surface area contributed by atoms with Crippen molar-refractivity contribution in [2.45, 2.75) is 18.2 Å². The van der Waals surface area contributed by atoms with Crippen LogP contribution in [0, 0.1) is 0 Å². The Balaban J connectivity index is 2.34. The summed E-state index contributed by atoms with van der Waals surface area (Å²) in [5.41, 5.74) is 1.02. The number of carbonyl (C=O) groups is 2. The number of carbonyl (C=O) groups excluding carboxylic acids is 1. The molecule has 1 amide bonds. The summed E-state index contributed by atoms with van der Waals surface area (Å²) in [6.45, 7) is 0.285. The summed E-state index contributed by atoms with van der Waals surface area (Å²) in [4.78, 5) is 22.7. The van der Waals surface area contributed by atoms with Crippen molar-refractivity contribution in [3.8, 4) is 0 Å². The van der Waals surface area contributed by atoms with Gasteiger partial charge in [-0.2, -0.15) is 0 Å². The molecule has 5 nitrogen and oxygen atoms in total. The van der Waals surface area contributed by atoms with Gasteiger partial charge < -0.3 is 15.2 Å². The fourth-order valence-corrected chi connectivity index (χ4v) is 2.62. The van der Waals surface area contributed by atoms with Crippen molar-refractivity contribution in [3.63, 3.8) is 0 Å². The number of halogens is 1. The minimum atomic E-state index is -1.06. The van der Waals surface area contributed by atoms with Crippen molar-refractivity contribution >= 4 is 35.2 Å². The lowest BCUT2D eigenvalue weighted by molar-refractivity contribution is -0.142. The van der Waals surface area contributed by atoms with Crippen molar-refractivity contribution in [2.24, 2.45) is 0 Å². The fourth-order valence-electron chi connectivity index (χ4n) is 1.62. The zero-order valence-electron chi connectivity index (χ0n) is 11.7. The van der Waals surface area contributed by atoms with Gasteiger partial charge in [0.25, 0.3) is 0 Å². The highest BCUT2D eigenvalue weighted by Gasteiger charge is 2.19. The Hall–Kier alpha value is -1.24. The van der Waals surface area contributed by atoms with Crippen LogP contribution in [-0.4, -0.2) is 42.5 Å². The predicted octanol–water partition coefficient (Wildman–Crippen LogP) is 2.18. The number of ether oxygens (including phenoxy) is 1.